The molecule has 1 aliphatic heterocycles. The summed E-state index contributed by atoms with van der Waals surface area (Å²) >= 11 is 0. The maximum absolute atomic E-state index is 5.70. The van der Waals surface area contributed by atoms with Gasteiger partial charge in [0.05, 0.1) is 13.2 Å². The van der Waals surface area contributed by atoms with Gasteiger partial charge in [0.2, 0.25) is 0 Å². The predicted octanol–water partition coefficient (Wildman–Crippen LogP) is 3.52. The van der Waals surface area contributed by atoms with Gasteiger partial charge in [-0.15, -0.1) is 0 Å². The molecule has 1 heterocycles. The van der Waals surface area contributed by atoms with Crippen molar-refractivity contribution in [3.8, 4) is 0 Å². The highest BCUT2D eigenvalue weighted by Crippen LogP contribution is 2.33. The lowest BCUT2D eigenvalue weighted by Crippen LogP contribution is -2.44. The third-order valence-corrected chi connectivity index (χ3v) is 2.84. The largest absolute Gasteiger partial charge is 0.350 e. The highest BCUT2D eigenvalue weighted by Gasteiger charge is 2.35. The molecule has 0 radical (unpaired) electrons. The van der Waals surface area contributed by atoms with Crippen molar-refractivity contribution < 1.29 is 9.47 Å². The van der Waals surface area contributed by atoms with Gasteiger partial charge in [-0.2, -0.15) is 0 Å². The van der Waals surface area contributed by atoms with Crippen LogP contribution in [0.15, 0.2) is 11.6 Å². The first-order valence-electron chi connectivity index (χ1n) is 5.74. The van der Waals surface area contributed by atoms with E-state index in [0.717, 1.165) is 26.1 Å². The van der Waals surface area contributed by atoms with Crippen LogP contribution in [0.25, 0.3) is 0 Å². The first-order chi connectivity index (χ1) is 6.83. The van der Waals surface area contributed by atoms with Crippen LogP contribution >= 0.6 is 0 Å². The van der Waals surface area contributed by atoms with E-state index in [2.05, 4.69) is 26.8 Å². The van der Waals surface area contributed by atoms with Crippen LogP contribution in [0.1, 0.15) is 47.5 Å². The number of hydrogen-bond acceptors (Lipinski definition) is 2. The average Bonchev–Trinajstić information content (AvgIpc) is 2.11. The van der Waals surface area contributed by atoms with Gasteiger partial charge in [-0.1, -0.05) is 18.6 Å². The Balaban J connectivity index is 2.38. The Morgan fingerprint density at radius 2 is 1.67 bits per heavy atom. The van der Waals surface area contributed by atoms with E-state index in [0.29, 0.717) is 0 Å². The summed E-state index contributed by atoms with van der Waals surface area (Å²) in [6.45, 7) is 12.1. The first-order valence-corrected chi connectivity index (χ1v) is 5.74. The van der Waals surface area contributed by atoms with Crippen LogP contribution in [0.4, 0.5) is 0 Å². The smallest absolute Gasteiger partial charge is 0.162 e. The topological polar surface area (TPSA) is 18.5 Å². The number of ether oxygens (including phenoxy) is 2. The Morgan fingerprint density at radius 3 is 2.13 bits per heavy atom. The molecule has 0 aromatic carbocycles. The van der Waals surface area contributed by atoms with E-state index in [4.69, 9.17) is 9.47 Å². The quantitative estimate of drug-likeness (QED) is 0.666. The molecule has 0 spiro atoms. The normalized spacial score (nSPS) is 23.5. The maximum atomic E-state index is 5.70. The lowest BCUT2D eigenvalue weighted by molar-refractivity contribution is -0.283. The Bertz CT molecular complexity index is 227. The summed E-state index contributed by atoms with van der Waals surface area (Å²) in [5.74, 6) is -0.393. The van der Waals surface area contributed by atoms with E-state index in [1.165, 1.54) is 5.57 Å². The van der Waals surface area contributed by atoms with Crippen LogP contribution in [0.5, 0.6) is 0 Å². The van der Waals surface area contributed by atoms with Crippen molar-refractivity contribution in [3.63, 3.8) is 0 Å². The third kappa shape index (κ3) is 4.35. The van der Waals surface area contributed by atoms with Crippen molar-refractivity contribution in [2.45, 2.75) is 53.2 Å². The predicted molar refractivity (Wildman–Crippen MR) is 62.8 cm³/mol. The Kier molecular flexibility index (Phi) is 3.96. The SMILES string of the molecule is CC(C)=CCCC1(C)COC(C)(C)OC1. The molecule has 0 aromatic heterocycles. The molecule has 0 aliphatic carbocycles. The van der Waals surface area contributed by atoms with E-state index >= 15 is 0 Å². The van der Waals surface area contributed by atoms with Gasteiger partial charge in [0, 0.05) is 5.41 Å². The Labute approximate surface area is 93.7 Å². The Hall–Kier alpha value is -0.340. The minimum absolute atomic E-state index is 0.182. The molecular weight excluding hydrogens is 188 g/mol. The van der Waals surface area contributed by atoms with E-state index in [1.807, 2.05) is 13.8 Å². The molecule has 1 rings (SSSR count). The van der Waals surface area contributed by atoms with Crippen molar-refractivity contribution in [1.82, 2.24) is 0 Å². The zero-order chi connectivity index (χ0) is 11.5. The van der Waals surface area contributed by atoms with E-state index < -0.39 is 5.79 Å². The first kappa shape index (κ1) is 12.7. The van der Waals surface area contributed by atoms with Gasteiger partial charge < -0.3 is 9.47 Å². The fraction of sp³-hybridized carbons (Fsp3) is 0.846. The summed E-state index contributed by atoms with van der Waals surface area (Å²) in [6.07, 6.45) is 4.53. The third-order valence-electron chi connectivity index (χ3n) is 2.84. The molecule has 0 amide bonds. The fourth-order valence-electron chi connectivity index (χ4n) is 1.63. The number of rotatable bonds is 3. The van der Waals surface area contributed by atoms with Crippen LogP contribution < -0.4 is 0 Å². The van der Waals surface area contributed by atoms with E-state index in [-0.39, 0.29) is 5.41 Å². The summed E-state index contributed by atoms with van der Waals surface area (Å²) in [5, 5.41) is 0. The molecule has 1 saturated heterocycles. The van der Waals surface area contributed by atoms with E-state index in [9.17, 15) is 0 Å². The Morgan fingerprint density at radius 1 is 1.13 bits per heavy atom. The molecule has 1 aliphatic rings. The van der Waals surface area contributed by atoms with Gasteiger partial charge in [-0.05, 0) is 40.5 Å². The van der Waals surface area contributed by atoms with Crippen LogP contribution in [0.2, 0.25) is 0 Å². The van der Waals surface area contributed by atoms with Crippen molar-refractivity contribution in [3.05, 3.63) is 11.6 Å². The maximum Gasteiger partial charge on any atom is 0.162 e. The van der Waals surface area contributed by atoms with Crippen LogP contribution in [-0.4, -0.2) is 19.0 Å². The monoisotopic (exact) mass is 212 g/mol. The lowest BCUT2D eigenvalue weighted by atomic mass is 9.86. The van der Waals surface area contributed by atoms with Gasteiger partial charge >= 0.3 is 0 Å². The summed E-state index contributed by atoms with van der Waals surface area (Å²) in [5.41, 5.74) is 1.57. The second-order valence-corrected chi connectivity index (χ2v) is 5.61. The zero-order valence-corrected chi connectivity index (χ0v) is 10.7. The molecule has 0 aromatic rings. The van der Waals surface area contributed by atoms with Gasteiger partial charge in [0.25, 0.3) is 0 Å². The summed E-state index contributed by atoms with van der Waals surface area (Å²) < 4.78 is 11.4. The van der Waals surface area contributed by atoms with Crippen molar-refractivity contribution in [2.24, 2.45) is 5.41 Å². The zero-order valence-electron chi connectivity index (χ0n) is 10.7. The molecule has 0 saturated carbocycles. The fourth-order valence-corrected chi connectivity index (χ4v) is 1.63. The average molecular weight is 212 g/mol. The molecule has 0 bridgehead atoms. The summed E-state index contributed by atoms with van der Waals surface area (Å²) in [7, 11) is 0. The minimum atomic E-state index is -0.393. The van der Waals surface area contributed by atoms with Crippen molar-refractivity contribution in [2.75, 3.05) is 13.2 Å². The van der Waals surface area contributed by atoms with Crippen LogP contribution in [-0.2, 0) is 9.47 Å². The van der Waals surface area contributed by atoms with E-state index in [1.54, 1.807) is 0 Å². The molecule has 0 N–H and O–H groups in total. The lowest BCUT2D eigenvalue weighted by Gasteiger charge is -2.41. The molecule has 2 nitrogen and oxygen atoms in total. The molecule has 88 valence electrons. The highest BCUT2D eigenvalue weighted by molar-refractivity contribution is 4.94. The molecular formula is C13H24O2. The second kappa shape index (κ2) is 4.67. The molecule has 2 heteroatoms. The van der Waals surface area contributed by atoms with Crippen LogP contribution in [0.3, 0.4) is 0 Å². The molecule has 0 unspecified atom stereocenters. The second-order valence-electron chi connectivity index (χ2n) is 5.61. The van der Waals surface area contributed by atoms with Gasteiger partial charge in [-0.25, -0.2) is 0 Å². The number of hydrogen-bond donors (Lipinski definition) is 0. The van der Waals surface area contributed by atoms with Crippen LogP contribution in [0, 0.1) is 5.41 Å². The van der Waals surface area contributed by atoms with Gasteiger partial charge in [-0.3, -0.25) is 0 Å². The highest BCUT2D eigenvalue weighted by atomic mass is 16.7. The molecule has 15 heavy (non-hydrogen) atoms. The summed E-state index contributed by atoms with van der Waals surface area (Å²) in [4.78, 5) is 0. The summed E-state index contributed by atoms with van der Waals surface area (Å²) in [6, 6.07) is 0. The molecule has 1 fully saturated rings. The van der Waals surface area contributed by atoms with Crippen molar-refractivity contribution in [1.29, 1.82) is 0 Å². The van der Waals surface area contributed by atoms with Gasteiger partial charge in [0.15, 0.2) is 5.79 Å². The van der Waals surface area contributed by atoms with Gasteiger partial charge in [0.1, 0.15) is 0 Å². The standard InChI is InChI=1S/C13H24O2/c1-11(2)7-6-8-13(5)9-14-12(3,4)15-10-13/h7H,6,8-10H2,1-5H3. The molecule has 0 atom stereocenters. The number of allylic oxidation sites excluding steroid dienone is 2. The van der Waals surface area contributed by atoms with Crippen molar-refractivity contribution >= 4 is 0 Å². The minimum Gasteiger partial charge on any atom is -0.350 e.